The molecule has 1 aliphatic rings. The van der Waals surface area contributed by atoms with Gasteiger partial charge in [-0.15, -0.1) is 0 Å². The Hall–Kier alpha value is -4.70. The number of benzene rings is 1. The molecule has 3 amide bonds. The van der Waals surface area contributed by atoms with Gasteiger partial charge in [0, 0.05) is 6.42 Å². The Morgan fingerprint density at radius 1 is 1.15 bits per heavy atom. The average Bonchev–Trinajstić information content (AvgIpc) is 2.88. The summed E-state index contributed by atoms with van der Waals surface area (Å²) < 4.78 is 10.9. The highest BCUT2D eigenvalue weighted by Gasteiger charge is 2.41. The third-order valence-corrected chi connectivity index (χ3v) is 5.91. The maximum absolute atomic E-state index is 12.5. The van der Waals surface area contributed by atoms with E-state index >= 15 is 0 Å². The maximum atomic E-state index is 12.5. The molecule has 0 saturated carbocycles. The Morgan fingerprint density at radius 2 is 1.85 bits per heavy atom. The van der Waals surface area contributed by atoms with Crippen molar-refractivity contribution in [3.05, 3.63) is 29.5 Å². The lowest BCUT2D eigenvalue weighted by Crippen LogP contribution is -2.54. The van der Waals surface area contributed by atoms with Crippen LogP contribution < -0.4 is 31.2 Å². The fourth-order valence-electron chi connectivity index (χ4n) is 3.79. The standard InChI is InChI=1S/C25H32N4O12/c1-40-17-5-4-13(9-16-22(34)28-14(3-2-7-26)21(33)29-16)10-18(17)41-8-6-15(23(35)36)27-19(30)11-25(39,24(37)38)12-20(31)32/h4-5,9-10,14-15,39H,2-3,6-8,11-12,26H2,1H3,(H,27,30)(H,28,34)(H,29,33)(H,31,32)(H,35,36)(H,37,38)/b16-9-/t14-,15-,25+/m0/s1. The number of amides is 3. The Balaban J connectivity index is 2.08. The van der Waals surface area contributed by atoms with E-state index in [1.807, 2.05) is 5.32 Å². The van der Waals surface area contributed by atoms with Gasteiger partial charge >= 0.3 is 17.9 Å². The van der Waals surface area contributed by atoms with E-state index < -0.39 is 60.2 Å². The highest BCUT2D eigenvalue weighted by molar-refractivity contribution is 6.07. The summed E-state index contributed by atoms with van der Waals surface area (Å²) in [5.74, 6) is -6.81. The van der Waals surface area contributed by atoms with E-state index in [1.54, 1.807) is 6.07 Å². The van der Waals surface area contributed by atoms with Gasteiger partial charge in [0.2, 0.25) is 11.8 Å². The van der Waals surface area contributed by atoms with Crippen LogP contribution in [0.4, 0.5) is 0 Å². The van der Waals surface area contributed by atoms with Gasteiger partial charge < -0.3 is 51.6 Å². The predicted octanol–water partition coefficient (Wildman–Crippen LogP) is -1.59. The van der Waals surface area contributed by atoms with Gasteiger partial charge in [0.15, 0.2) is 17.1 Å². The molecule has 0 spiro atoms. The van der Waals surface area contributed by atoms with Gasteiger partial charge in [0.25, 0.3) is 5.91 Å². The zero-order valence-corrected chi connectivity index (χ0v) is 22.0. The number of ether oxygens (including phenoxy) is 2. The number of hydrogen-bond acceptors (Lipinski definition) is 10. The molecule has 1 aromatic carbocycles. The Kier molecular flexibility index (Phi) is 11.6. The number of carboxylic acid groups (broad SMARTS) is 3. The minimum absolute atomic E-state index is 0.00649. The number of carbonyl (C=O) groups is 6. The Bertz CT molecular complexity index is 1220. The normalized spacial score (nSPS) is 17.9. The van der Waals surface area contributed by atoms with Crippen LogP contribution in [0, 0.1) is 0 Å². The highest BCUT2D eigenvalue weighted by atomic mass is 16.5. The van der Waals surface area contributed by atoms with E-state index in [2.05, 4.69) is 10.6 Å². The van der Waals surface area contributed by atoms with Crippen LogP contribution in [0.5, 0.6) is 11.5 Å². The lowest BCUT2D eigenvalue weighted by molar-refractivity contribution is -0.167. The Morgan fingerprint density at radius 3 is 2.44 bits per heavy atom. The van der Waals surface area contributed by atoms with E-state index in [1.165, 1.54) is 25.3 Å². The summed E-state index contributed by atoms with van der Waals surface area (Å²) in [4.78, 5) is 70.7. The summed E-state index contributed by atoms with van der Waals surface area (Å²) >= 11 is 0. The summed E-state index contributed by atoms with van der Waals surface area (Å²) in [5, 5.41) is 44.6. The van der Waals surface area contributed by atoms with Crippen molar-refractivity contribution >= 4 is 41.7 Å². The Labute approximate surface area is 233 Å². The fourth-order valence-corrected chi connectivity index (χ4v) is 3.79. The van der Waals surface area contributed by atoms with E-state index in [0.717, 1.165) is 0 Å². The summed E-state index contributed by atoms with van der Waals surface area (Å²) in [5.41, 5.74) is 2.95. The number of rotatable bonds is 16. The third kappa shape index (κ3) is 9.47. The molecule has 1 fully saturated rings. The minimum Gasteiger partial charge on any atom is -0.493 e. The first-order valence-electron chi connectivity index (χ1n) is 12.3. The largest absolute Gasteiger partial charge is 0.493 e. The highest BCUT2D eigenvalue weighted by Crippen LogP contribution is 2.29. The molecule has 1 saturated heterocycles. The zero-order valence-electron chi connectivity index (χ0n) is 22.0. The molecular weight excluding hydrogens is 548 g/mol. The smallest absolute Gasteiger partial charge is 0.336 e. The quantitative estimate of drug-likeness (QED) is 0.103. The molecule has 41 heavy (non-hydrogen) atoms. The predicted molar refractivity (Wildman–Crippen MR) is 138 cm³/mol. The van der Waals surface area contributed by atoms with Gasteiger partial charge in [0.05, 0.1) is 26.6 Å². The van der Waals surface area contributed by atoms with Crippen LogP contribution in [0.2, 0.25) is 0 Å². The van der Waals surface area contributed by atoms with Crippen molar-refractivity contribution in [2.24, 2.45) is 5.73 Å². The summed E-state index contributed by atoms with van der Waals surface area (Å²) in [7, 11) is 1.36. The zero-order chi connectivity index (χ0) is 30.7. The van der Waals surface area contributed by atoms with Crippen LogP contribution >= 0.6 is 0 Å². The lowest BCUT2D eigenvalue weighted by atomic mass is 9.95. The molecule has 16 heteroatoms. The summed E-state index contributed by atoms with van der Waals surface area (Å²) in [6.07, 6.45) is -0.437. The van der Waals surface area contributed by atoms with Crippen molar-refractivity contribution in [2.45, 2.75) is 49.8 Å². The topological polar surface area (TPSA) is 264 Å². The third-order valence-electron chi connectivity index (χ3n) is 5.91. The van der Waals surface area contributed by atoms with Gasteiger partial charge in [-0.2, -0.15) is 0 Å². The summed E-state index contributed by atoms with van der Waals surface area (Å²) in [6, 6.07) is 2.30. The van der Waals surface area contributed by atoms with E-state index in [0.29, 0.717) is 24.9 Å². The minimum atomic E-state index is -2.93. The second-order valence-corrected chi connectivity index (χ2v) is 9.09. The SMILES string of the molecule is COc1ccc(/C=C2\NC(=O)[C@H](CCCN)NC2=O)cc1OCC[C@H](NC(=O)C[C@@](O)(CC(=O)O)C(=O)O)C(=O)O. The van der Waals surface area contributed by atoms with Crippen molar-refractivity contribution in [1.29, 1.82) is 0 Å². The first kappa shape index (κ1) is 32.5. The fraction of sp³-hybridized carbons (Fsp3) is 0.440. The van der Waals surface area contributed by atoms with E-state index in [9.17, 15) is 39.0 Å². The molecule has 16 nitrogen and oxygen atoms in total. The van der Waals surface area contributed by atoms with Gasteiger partial charge in [0.1, 0.15) is 17.8 Å². The number of aliphatic carboxylic acids is 3. The van der Waals surface area contributed by atoms with Crippen LogP contribution in [0.25, 0.3) is 6.08 Å². The van der Waals surface area contributed by atoms with Crippen molar-refractivity contribution in [3.63, 3.8) is 0 Å². The molecule has 0 radical (unpaired) electrons. The first-order chi connectivity index (χ1) is 19.3. The number of carboxylic acids is 3. The number of nitrogens with one attached hydrogen (secondary N) is 3. The second-order valence-electron chi connectivity index (χ2n) is 9.09. The molecule has 1 aromatic rings. The monoisotopic (exact) mass is 580 g/mol. The van der Waals surface area contributed by atoms with E-state index in [-0.39, 0.29) is 36.1 Å². The van der Waals surface area contributed by atoms with Gasteiger partial charge in [-0.3, -0.25) is 19.2 Å². The average molecular weight is 581 g/mol. The molecule has 3 atom stereocenters. The maximum Gasteiger partial charge on any atom is 0.336 e. The van der Waals surface area contributed by atoms with Crippen molar-refractivity contribution in [3.8, 4) is 11.5 Å². The molecule has 224 valence electrons. The van der Waals surface area contributed by atoms with Crippen LogP contribution in [-0.4, -0.2) is 94.0 Å². The van der Waals surface area contributed by atoms with Crippen LogP contribution in [-0.2, 0) is 28.8 Å². The van der Waals surface area contributed by atoms with E-state index in [4.69, 9.17) is 25.4 Å². The first-order valence-corrected chi connectivity index (χ1v) is 12.3. The molecule has 1 heterocycles. The molecule has 9 N–H and O–H groups in total. The number of hydrogen-bond donors (Lipinski definition) is 8. The number of methoxy groups -OCH3 is 1. The second kappa shape index (κ2) is 14.6. The van der Waals surface area contributed by atoms with Gasteiger partial charge in [-0.25, -0.2) is 9.59 Å². The molecule has 1 aliphatic heterocycles. The van der Waals surface area contributed by atoms with Crippen LogP contribution in [0.1, 0.15) is 37.7 Å². The molecule has 0 unspecified atom stereocenters. The van der Waals surface area contributed by atoms with Gasteiger partial charge in [-0.05, 0) is 43.2 Å². The number of nitrogens with two attached hydrogens (primary N) is 1. The number of carbonyl (C=O) groups excluding carboxylic acids is 3. The summed E-state index contributed by atoms with van der Waals surface area (Å²) in [6.45, 7) is 0.0867. The molecule has 0 aliphatic carbocycles. The van der Waals surface area contributed by atoms with Crippen molar-refractivity contribution < 1.29 is 58.7 Å². The van der Waals surface area contributed by atoms with Crippen molar-refractivity contribution in [1.82, 2.24) is 16.0 Å². The molecule has 0 bridgehead atoms. The van der Waals surface area contributed by atoms with Gasteiger partial charge in [-0.1, -0.05) is 6.07 Å². The number of piperazine rings is 1. The molecule has 2 rings (SSSR count). The molecular formula is C25H32N4O12. The lowest BCUT2D eigenvalue weighted by Gasteiger charge is -2.25. The van der Waals surface area contributed by atoms with Crippen LogP contribution in [0.3, 0.4) is 0 Å². The van der Waals surface area contributed by atoms with Crippen molar-refractivity contribution in [2.75, 3.05) is 20.3 Å². The number of aliphatic hydroxyl groups is 1. The van der Waals surface area contributed by atoms with Crippen LogP contribution in [0.15, 0.2) is 23.9 Å². The molecule has 0 aromatic heterocycles.